The first-order valence-electron chi connectivity index (χ1n) is 20.9. The number of hydrogen-bond acceptors (Lipinski definition) is 4. The normalized spacial score (nSPS) is 11.2. The molecule has 2 aromatic heterocycles. The van der Waals surface area contributed by atoms with Crippen LogP contribution in [0.15, 0.2) is 237 Å². The van der Waals surface area contributed by atoms with Crippen LogP contribution in [0, 0.1) is 0 Å². The summed E-state index contributed by atoms with van der Waals surface area (Å²) < 4.78 is 2.42. The lowest BCUT2D eigenvalue weighted by Gasteiger charge is -2.25. The van der Waals surface area contributed by atoms with Crippen molar-refractivity contribution in [2.24, 2.45) is 0 Å². The van der Waals surface area contributed by atoms with Gasteiger partial charge in [0.2, 0.25) is 0 Å². The fourth-order valence-electron chi connectivity index (χ4n) is 8.56. The summed E-state index contributed by atoms with van der Waals surface area (Å²) in [6.45, 7) is 0. The highest BCUT2D eigenvalue weighted by atomic mass is 15.1. The zero-order valence-corrected chi connectivity index (χ0v) is 33.8. The van der Waals surface area contributed by atoms with Crippen molar-refractivity contribution >= 4 is 38.9 Å². The van der Waals surface area contributed by atoms with Gasteiger partial charge in [-0.2, -0.15) is 0 Å². The number of aromatic nitrogens is 4. The Kier molecular flexibility index (Phi) is 9.45. The molecule has 0 bridgehead atoms. The molecule has 292 valence electrons. The van der Waals surface area contributed by atoms with E-state index < -0.39 is 0 Å². The van der Waals surface area contributed by atoms with Crippen molar-refractivity contribution in [3.8, 4) is 62.1 Å². The molecule has 9 aromatic carbocycles. The third kappa shape index (κ3) is 6.78. The number of anilines is 3. The van der Waals surface area contributed by atoms with Gasteiger partial charge in [0, 0.05) is 55.8 Å². The summed E-state index contributed by atoms with van der Waals surface area (Å²) in [5.74, 6) is 1.88. The van der Waals surface area contributed by atoms with E-state index >= 15 is 0 Å². The van der Waals surface area contributed by atoms with Gasteiger partial charge in [-0.05, 0) is 77.4 Å². The molecule has 0 aliphatic rings. The van der Waals surface area contributed by atoms with E-state index in [9.17, 15) is 0 Å². The second-order valence-corrected chi connectivity index (χ2v) is 15.2. The van der Waals surface area contributed by atoms with Crippen molar-refractivity contribution < 1.29 is 0 Å². The Hall–Kier alpha value is -8.41. The van der Waals surface area contributed by atoms with Gasteiger partial charge < -0.3 is 9.47 Å². The number of benzene rings is 9. The summed E-state index contributed by atoms with van der Waals surface area (Å²) in [5, 5.41) is 2.39. The van der Waals surface area contributed by atoms with Crippen molar-refractivity contribution in [3.63, 3.8) is 0 Å². The SMILES string of the molecule is c1ccc(-c2nc(-c3ccccc3)nc(-c3ccc(-n4c5ccccc5c5cccc(-c6ccc(N(c7ccccc7)c7ccccc7)cc6)c54)cc3-c3ccccc3)n2)cc1. The maximum absolute atomic E-state index is 5.16. The van der Waals surface area contributed by atoms with Crippen molar-refractivity contribution in [2.75, 3.05) is 4.90 Å². The van der Waals surface area contributed by atoms with Crippen LogP contribution in [0.1, 0.15) is 0 Å². The van der Waals surface area contributed by atoms with Gasteiger partial charge in [0.15, 0.2) is 17.5 Å². The second-order valence-electron chi connectivity index (χ2n) is 15.2. The number of rotatable bonds is 9. The standard InChI is InChI=1S/C57H39N5/c1-6-19-40(20-7-1)52-39-47(37-38-51(52)57-59-55(42-21-8-2-9-22-42)58-56(60-57)43-23-10-3-11-24-43)62-53-32-17-16-29-49(53)50-31-18-30-48(54(50)62)41-33-35-46(36-34-41)61(44-25-12-4-13-26-44)45-27-14-5-15-28-45/h1-39H. The summed E-state index contributed by atoms with van der Waals surface area (Å²) in [6.07, 6.45) is 0. The number of nitrogens with zero attached hydrogens (tertiary/aromatic N) is 5. The Bertz CT molecular complexity index is 3220. The minimum atomic E-state index is 0.617. The topological polar surface area (TPSA) is 46.8 Å². The Morgan fingerprint density at radius 2 is 0.774 bits per heavy atom. The van der Waals surface area contributed by atoms with Gasteiger partial charge in [-0.15, -0.1) is 0 Å². The van der Waals surface area contributed by atoms with Crippen LogP contribution >= 0.6 is 0 Å². The third-order valence-corrected chi connectivity index (χ3v) is 11.4. The maximum Gasteiger partial charge on any atom is 0.164 e. The highest BCUT2D eigenvalue weighted by molar-refractivity contribution is 6.14. The molecule has 0 aliphatic carbocycles. The van der Waals surface area contributed by atoms with Crippen LogP contribution in [0.25, 0.3) is 83.9 Å². The molecule has 11 rings (SSSR count). The second kappa shape index (κ2) is 16.0. The van der Waals surface area contributed by atoms with E-state index in [1.54, 1.807) is 0 Å². The lowest BCUT2D eigenvalue weighted by molar-refractivity contribution is 1.07. The lowest BCUT2D eigenvalue weighted by atomic mass is 9.97. The molecule has 11 aromatic rings. The van der Waals surface area contributed by atoms with Crippen molar-refractivity contribution in [3.05, 3.63) is 237 Å². The monoisotopic (exact) mass is 793 g/mol. The van der Waals surface area contributed by atoms with E-state index in [-0.39, 0.29) is 0 Å². The minimum Gasteiger partial charge on any atom is -0.311 e. The molecule has 0 aliphatic heterocycles. The molecular formula is C57H39N5. The summed E-state index contributed by atoms with van der Waals surface area (Å²) in [4.78, 5) is 17.6. The number of para-hydroxylation sites is 4. The van der Waals surface area contributed by atoms with E-state index in [1.807, 2.05) is 60.7 Å². The van der Waals surface area contributed by atoms with Crippen LogP contribution in [-0.2, 0) is 0 Å². The predicted molar refractivity (Wildman–Crippen MR) is 256 cm³/mol. The maximum atomic E-state index is 5.16. The quantitative estimate of drug-likeness (QED) is 0.146. The molecular weight excluding hydrogens is 755 g/mol. The van der Waals surface area contributed by atoms with Gasteiger partial charge in [-0.25, -0.2) is 15.0 Å². The molecule has 0 N–H and O–H groups in total. The van der Waals surface area contributed by atoms with Crippen LogP contribution < -0.4 is 4.90 Å². The van der Waals surface area contributed by atoms with E-state index in [4.69, 9.17) is 15.0 Å². The van der Waals surface area contributed by atoms with Crippen LogP contribution in [-0.4, -0.2) is 19.5 Å². The van der Waals surface area contributed by atoms with E-state index in [0.717, 1.165) is 72.7 Å². The van der Waals surface area contributed by atoms with Crippen molar-refractivity contribution in [1.29, 1.82) is 0 Å². The molecule has 0 atom stereocenters. The molecule has 0 radical (unpaired) electrons. The smallest absolute Gasteiger partial charge is 0.164 e. The highest BCUT2D eigenvalue weighted by Crippen LogP contribution is 2.42. The zero-order valence-electron chi connectivity index (χ0n) is 33.8. The van der Waals surface area contributed by atoms with Gasteiger partial charge in [0.05, 0.1) is 11.0 Å². The first-order valence-corrected chi connectivity index (χ1v) is 20.9. The van der Waals surface area contributed by atoms with Gasteiger partial charge in [-0.1, -0.05) is 176 Å². The van der Waals surface area contributed by atoms with Gasteiger partial charge >= 0.3 is 0 Å². The van der Waals surface area contributed by atoms with Gasteiger partial charge in [0.1, 0.15) is 0 Å². The molecule has 0 unspecified atom stereocenters. The molecule has 5 heteroatoms. The minimum absolute atomic E-state index is 0.617. The first kappa shape index (κ1) is 36.7. The van der Waals surface area contributed by atoms with E-state index in [1.165, 1.54) is 10.8 Å². The Morgan fingerprint density at radius 3 is 1.37 bits per heavy atom. The van der Waals surface area contributed by atoms with Crippen LogP contribution in [0.5, 0.6) is 0 Å². The lowest BCUT2D eigenvalue weighted by Crippen LogP contribution is -2.09. The van der Waals surface area contributed by atoms with Crippen LogP contribution in [0.4, 0.5) is 17.1 Å². The fourth-order valence-corrected chi connectivity index (χ4v) is 8.56. The van der Waals surface area contributed by atoms with E-state index in [0.29, 0.717) is 17.5 Å². The fraction of sp³-hybridized carbons (Fsp3) is 0. The molecule has 0 amide bonds. The highest BCUT2D eigenvalue weighted by Gasteiger charge is 2.21. The zero-order chi connectivity index (χ0) is 41.2. The summed E-state index contributed by atoms with van der Waals surface area (Å²) in [7, 11) is 0. The Morgan fingerprint density at radius 1 is 0.306 bits per heavy atom. The van der Waals surface area contributed by atoms with Gasteiger partial charge in [-0.3, -0.25) is 0 Å². The first-order chi connectivity index (χ1) is 30.8. The molecule has 0 saturated carbocycles. The Balaban J connectivity index is 1.09. The van der Waals surface area contributed by atoms with Gasteiger partial charge in [0.25, 0.3) is 0 Å². The molecule has 2 heterocycles. The summed E-state index contributed by atoms with van der Waals surface area (Å²) in [5.41, 5.74) is 13.8. The molecule has 0 fully saturated rings. The predicted octanol–water partition coefficient (Wildman–Crippen LogP) is 14.8. The van der Waals surface area contributed by atoms with Crippen LogP contribution in [0.2, 0.25) is 0 Å². The average Bonchev–Trinajstić information content (AvgIpc) is 3.70. The largest absolute Gasteiger partial charge is 0.311 e. The molecule has 62 heavy (non-hydrogen) atoms. The average molecular weight is 794 g/mol. The van der Waals surface area contributed by atoms with E-state index in [2.05, 4.69) is 185 Å². The number of fused-ring (bicyclic) bond motifs is 3. The summed E-state index contributed by atoms with van der Waals surface area (Å²) in [6, 6.07) is 82.9. The third-order valence-electron chi connectivity index (χ3n) is 11.4. The van der Waals surface area contributed by atoms with Crippen molar-refractivity contribution in [2.45, 2.75) is 0 Å². The summed E-state index contributed by atoms with van der Waals surface area (Å²) >= 11 is 0. The molecule has 0 spiro atoms. The molecule has 0 saturated heterocycles. The van der Waals surface area contributed by atoms with Crippen molar-refractivity contribution in [1.82, 2.24) is 19.5 Å². The van der Waals surface area contributed by atoms with Crippen LogP contribution in [0.3, 0.4) is 0 Å². The Labute approximate surface area is 360 Å². The number of hydrogen-bond donors (Lipinski definition) is 0. The molecule has 5 nitrogen and oxygen atoms in total.